The molecular weight excluding hydrogens is 304 g/mol. The summed E-state index contributed by atoms with van der Waals surface area (Å²) in [5.41, 5.74) is 1.28. The Balaban J connectivity index is 0.00000220. The number of likely N-dealkylation sites (N-methyl/N-ethyl adjacent to an activating group) is 1. The van der Waals surface area contributed by atoms with Crippen LogP contribution in [0.5, 0.6) is 0 Å². The maximum Gasteiger partial charge on any atom is 0.235 e. The number of likely N-dealkylation sites (tertiary alicyclic amines) is 1. The van der Waals surface area contributed by atoms with Crippen molar-refractivity contribution in [1.82, 2.24) is 10.2 Å². The second kappa shape index (κ2) is 9.34. The molecule has 1 aliphatic rings. The van der Waals surface area contributed by atoms with Crippen molar-refractivity contribution in [2.24, 2.45) is 0 Å². The van der Waals surface area contributed by atoms with Gasteiger partial charge in [-0.25, -0.2) is 0 Å². The SMILES string of the molecule is CNCC1CCCN1C(=O)C(C)SCc1ccccc1.Cl. The van der Waals surface area contributed by atoms with Crippen LogP contribution in [-0.4, -0.2) is 42.2 Å². The highest BCUT2D eigenvalue weighted by atomic mass is 35.5. The average molecular weight is 329 g/mol. The Hall–Kier alpha value is -0.710. The number of thioether (sulfide) groups is 1. The summed E-state index contributed by atoms with van der Waals surface area (Å²) < 4.78 is 0. The number of hydrogen-bond donors (Lipinski definition) is 1. The Kier molecular flexibility index (Phi) is 8.15. The van der Waals surface area contributed by atoms with Crippen LogP contribution < -0.4 is 5.32 Å². The number of nitrogens with zero attached hydrogens (tertiary/aromatic N) is 1. The van der Waals surface area contributed by atoms with Crippen molar-refractivity contribution in [2.75, 3.05) is 20.1 Å². The molecule has 118 valence electrons. The monoisotopic (exact) mass is 328 g/mol. The van der Waals surface area contributed by atoms with Crippen LogP contribution in [0.2, 0.25) is 0 Å². The number of carbonyl (C=O) groups excluding carboxylic acids is 1. The molecule has 1 aromatic rings. The summed E-state index contributed by atoms with van der Waals surface area (Å²) in [5, 5.41) is 3.23. The standard InChI is InChI=1S/C16H24N2OS.ClH/c1-13(20-12-14-7-4-3-5-8-14)16(19)18-10-6-9-15(18)11-17-2;/h3-5,7-8,13,15,17H,6,9-12H2,1-2H3;1H. The fraction of sp³-hybridized carbons (Fsp3) is 0.562. The quantitative estimate of drug-likeness (QED) is 0.871. The van der Waals surface area contributed by atoms with Gasteiger partial charge in [0.15, 0.2) is 0 Å². The highest BCUT2D eigenvalue weighted by Crippen LogP contribution is 2.24. The van der Waals surface area contributed by atoms with Gasteiger partial charge in [0.1, 0.15) is 0 Å². The van der Waals surface area contributed by atoms with E-state index in [0.717, 1.165) is 31.7 Å². The van der Waals surface area contributed by atoms with E-state index in [1.165, 1.54) is 5.56 Å². The maximum absolute atomic E-state index is 12.5. The van der Waals surface area contributed by atoms with E-state index < -0.39 is 0 Å². The first kappa shape index (κ1) is 18.3. The fourth-order valence-corrected chi connectivity index (χ4v) is 3.59. The number of amides is 1. The fourth-order valence-electron chi connectivity index (χ4n) is 2.67. The van der Waals surface area contributed by atoms with Gasteiger partial charge in [-0.3, -0.25) is 4.79 Å². The van der Waals surface area contributed by atoms with E-state index in [2.05, 4.69) is 22.3 Å². The summed E-state index contributed by atoms with van der Waals surface area (Å²) in [6.07, 6.45) is 2.26. The molecule has 1 amide bonds. The van der Waals surface area contributed by atoms with Gasteiger partial charge in [-0.05, 0) is 32.4 Å². The lowest BCUT2D eigenvalue weighted by Crippen LogP contribution is -2.44. The van der Waals surface area contributed by atoms with Crippen LogP contribution >= 0.6 is 24.2 Å². The first-order valence-electron chi connectivity index (χ1n) is 7.33. The highest BCUT2D eigenvalue weighted by molar-refractivity contribution is 7.99. The zero-order valence-electron chi connectivity index (χ0n) is 12.7. The summed E-state index contributed by atoms with van der Waals surface area (Å²) in [7, 11) is 1.95. The van der Waals surface area contributed by atoms with Crippen molar-refractivity contribution in [3.63, 3.8) is 0 Å². The Labute approximate surface area is 138 Å². The predicted molar refractivity (Wildman–Crippen MR) is 93.1 cm³/mol. The molecule has 1 aromatic carbocycles. The third-order valence-corrected chi connectivity index (χ3v) is 4.99. The first-order chi connectivity index (χ1) is 9.72. The van der Waals surface area contributed by atoms with E-state index in [1.54, 1.807) is 11.8 Å². The van der Waals surface area contributed by atoms with Gasteiger partial charge in [-0.1, -0.05) is 30.3 Å². The van der Waals surface area contributed by atoms with Crippen LogP contribution in [0.4, 0.5) is 0 Å². The van der Waals surface area contributed by atoms with E-state index in [1.807, 2.05) is 32.2 Å². The second-order valence-electron chi connectivity index (χ2n) is 5.32. The molecule has 1 N–H and O–H groups in total. The minimum absolute atomic E-state index is 0. The van der Waals surface area contributed by atoms with Crippen molar-refractivity contribution in [3.8, 4) is 0 Å². The van der Waals surface area contributed by atoms with Gasteiger partial charge in [-0.2, -0.15) is 0 Å². The average Bonchev–Trinajstić information content (AvgIpc) is 2.93. The molecule has 21 heavy (non-hydrogen) atoms. The van der Waals surface area contributed by atoms with Crippen LogP contribution in [0, 0.1) is 0 Å². The molecule has 1 heterocycles. The molecule has 0 aliphatic carbocycles. The normalized spacial score (nSPS) is 19.1. The zero-order valence-corrected chi connectivity index (χ0v) is 14.4. The minimum Gasteiger partial charge on any atom is -0.337 e. The van der Waals surface area contributed by atoms with E-state index in [-0.39, 0.29) is 17.7 Å². The molecule has 2 unspecified atom stereocenters. The number of nitrogens with one attached hydrogen (secondary N) is 1. The van der Waals surface area contributed by atoms with Gasteiger partial charge in [0.2, 0.25) is 5.91 Å². The first-order valence-corrected chi connectivity index (χ1v) is 8.38. The molecule has 0 spiro atoms. The molecular formula is C16H25ClN2OS. The number of benzene rings is 1. The van der Waals surface area contributed by atoms with Gasteiger partial charge in [-0.15, -0.1) is 24.2 Å². The van der Waals surface area contributed by atoms with Crippen LogP contribution in [0.25, 0.3) is 0 Å². The Bertz CT molecular complexity index is 430. The molecule has 0 radical (unpaired) electrons. The van der Waals surface area contributed by atoms with Crippen LogP contribution in [-0.2, 0) is 10.5 Å². The van der Waals surface area contributed by atoms with Crippen LogP contribution in [0.1, 0.15) is 25.3 Å². The van der Waals surface area contributed by atoms with Gasteiger partial charge in [0.25, 0.3) is 0 Å². The van der Waals surface area contributed by atoms with E-state index in [0.29, 0.717) is 11.9 Å². The topological polar surface area (TPSA) is 32.3 Å². The molecule has 2 atom stereocenters. The van der Waals surface area contributed by atoms with Gasteiger partial charge in [0, 0.05) is 24.9 Å². The lowest BCUT2D eigenvalue weighted by Gasteiger charge is -2.27. The highest BCUT2D eigenvalue weighted by Gasteiger charge is 2.30. The molecule has 0 bridgehead atoms. The van der Waals surface area contributed by atoms with Gasteiger partial charge in [0.05, 0.1) is 5.25 Å². The van der Waals surface area contributed by atoms with Gasteiger partial charge < -0.3 is 10.2 Å². The molecule has 3 nitrogen and oxygen atoms in total. The molecule has 2 rings (SSSR count). The molecule has 5 heteroatoms. The molecule has 0 saturated carbocycles. The van der Waals surface area contributed by atoms with E-state index >= 15 is 0 Å². The van der Waals surface area contributed by atoms with Crippen molar-refractivity contribution >= 4 is 30.1 Å². The zero-order chi connectivity index (χ0) is 14.4. The molecule has 1 saturated heterocycles. The molecule has 1 fully saturated rings. The Morgan fingerprint density at radius 3 is 2.81 bits per heavy atom. The summed E-state index contributed by atoms with van der Waals surface area (Å²) >= 11 is 1.73. The summed E-state index contributed by atoms with van der Waals surface area (Å²) in [6, 6.07) is 10.7. The number of rotatable bonds is 6. The smallest absolute Gasteiger partial charge is 0.235 e. The summed E-state index contributed by atoms with van der Waals surface area (Å²) in [4.78, 5) is 14.6. The van der Waals surface area contributed by atoms with E-state index in [9.17, 15) is 4.79 Å². The van der Waals surface area contributed by atoms with Crippen LogP contribution in [0.3, 0.4) is 0 Å². The largest absolute Gasteiger partial charge is 0.337 e. The number of halogens is 1. The Morgan fingerprint density at radius 2 is 2.14 bits per heavy atom. The Morgan fingerprint density at radius 1 is 1.43 bits per heavy atom. The van der Waals surface area contributed by atoms with Crippen molar-refractivity contribution < 1.29 is 4.79 Å². The van der Waals surface area contributed by atoms with Crippen molar-refractivity contribution in [3.05, 3.63) is 35.9 Å². The third kappa shape index (κ3) is 5.20. The van der Waals surface area contributed by atoms with E-state index in [4.69, 9.17) is 0 Å². The third-order valence-electron chi connectivity index (χ3n) is 3.79. The van der Waals surface area contributed by atoms with Crippen LogP contribution in [0.15, 0.2) is 30.3 Å². The van der Waals surface area contributed by atoms with Crippen molar-refractivity contribution in [2.45, 2.75) is 36.8 Å². The molecule has 0 aromatic heterocycles. The lowest BCUT2D eigenvalue weighted by molar-refractivity contribution is -0.131. The summed E-state index contributed by atoms with van der Waals surface area (Å²) in [5.74, 6) is 1.20. The molecule has 1 aliphatic heterocycles. The van der Waals surface area contributed by atoms with Gasteiger partial charge >= 0.3 is 0 Å². The maximum atomic E-state index is 12.5. The number of hydrogen-bond acceptors (Lipinski definition) is 3. The lowest BCUT2D eigenvalue weighted by atomic mass is 10.2. The second-order valence-corrected chi connectivity index (χ2v) is 6.65. The minimum atomic E-state index is 0. The predicted octanol–water partition coefficient (Wildman–Crippen LogP) is 2.94. The summed E-state index contributed by atoms with van der Waals surface area (Å²) in [6.45, 7) is 3.86. The number of carbonyl (C=O) groups is 1. The van der Waals surface area contributed by atoms with Crippen molar-refractivity contribution in [1.29, 1.82) is 0 Å².